The molecular formula is C10H10F8O. The highest BCUT2D eigenvalue weighted by atomic mass is 19.3. The lowest BCUT2D eigenvalue weighted by Crippen LogP contribution is -2.43. The van der Waals surface area contributed by atoms with Gasteiger partial charge in [-0.25, -0.2) is 0 Å². The number of rotatable bonds is 6. The average molecular weight is 298 g/mol. The van der Waals surface area contributed by atoms with Crippen LogP contribution < -0.4 is 0 Å². The first kappa shape index (κ1) is 17.7. The van der Waals surface area contributed by atoms with Crippen molar-refractivity contribution in [1.29, 1.82) is 0 Å². The Bertz CT molecular complexity index is 338. The van der Waals surface area contributed by atoms with Crippen molar-refractivity contribution >= 4 is 0 Å². The third-order valence-corrected chi connectivity index (χ3v) is 2.05. The van der Waals surface area contributed by atoms with E-state index in [2.05, 4.69) is 17.9 Å². The monoisotopic (exact) mass is 298 g/mol. The minimum atomic E-state index is -5.02. The molecule has 0 radical (unpaired) electrons. The number of alkyl halides is 8. The van der Waals surface area contributed by atoms with E-state index in [4.69, 9.17) is 0 Å². The summed E-state index contributed by atoms with van der Waals surface area (Å²) in [6.45, 7) is 4.25. The second-order valence-corrected chi connectivity index (χ2v) is 3.87. The molecule has 0 aromatic heterocycles. The van der Waals surface area contributed by atoms with E-state index in [0.717, 1.165) is 0 Å². The average Bonchev–Trinajstić information content (AvgIpc) is 2.13. The number of hydrogen-bond acceptors (Lipinski definition) is 1. The van der Waals surface area contributed by atoms with E-state index in [-0.39, 0.29) is 13.8 Å². The Morgan fingerprint density at radius 2 is 0.895 bits per heavy atom. The maximum absolute atomic E-state index is 12.9. The summed E-state index contributed by atoms with van der Waals surface area (Å²) in [4.78, 5) is 0. The van der Waals surface area contributed by atoms with Gasteiger partial charge in [-0.3, -0.25) is 0 Å². The van der Waals surface area contributed by atoms with E-state index in [1.165, 1.54) is 0 Å². The molecule has 0 bridgehead atoms. The molecule has 0 heterocycles. The van der Waals surface area contributed by atoms with Crippen molar-refractivity contribution in [2.24, 2.45) is 0 Å². The van der Waals surface area contributed by atoms with Gasteiger partial charge in [0.25, 0.3) is 0 Å². The van der Waals surface area contributed by atoms with Crippen molar-refractivity contribution in [3.63, 3.8) is 0 Å². The van der Waals surface area contributed by atoms with Crippen LogP contribution in [0.15, 0.2) is 24.7 Å². The molecule has 1 nitrogen and oxygen atoms in total. The van der Waals surface area contributed by atoms with Crippen molar-refractivity contribution in [2.75, 3.05) is 0 Å². The first-order chi connectivity index (χ1) is 8.05. The van der Waals surface area contributed by atoms with Gasteiger partial charge in [-0.1, -0.05) is 13.2 Å². The fraction of sp³-hybridized carbons (Fsp3) is 0.600. The second-order valence-electron chi connectivity index (χ2n) is 3.87. The topological polar surface area (TPSA) is 9.23 Å². The summed E-state index contributed by atoms with van der Waals surface area (Å²) in [5, 5.41) is 0. The first-order valence-electron chi connectivity index (χ1n) is 4.63. The van der Waals surface area contributed by atoms with Crippen LogP contribution in [0.3, 0.4) is 0 Å². The van der Waals surface area contributed by atoms with Crippen LogP contribution in [0.2, 0.25) is 0 Å². The van der Waals surface area contributed by atoms with Gasteiger partial charge in [-0.2, -0.15) is 35.1 Å². The molecule has 0 aliphatic rings. The zero-order valence-corrected chi connectivity index (χ0v) is 9.85. The highest BCUT2D eigenvalue weighted by Crippen LogP contribution is 2.44. The molecule has 0 saturated carbocycles. The molecule has 19 heavy (non-hydrogen) atoms. The van der Waals surface area contributed by atoms with Gasteiger partial charge in [0.2, 0.25) is 0 Å². The molecule has 112 valence electrons. The van der Waals surface area contributed by atoms with E-state index in [1.807, 2.05) is 0 Å². The summed E-state index contributed by atoms with van der Waals surface area (Å²) < 4.78 is 105. The molecule has 0 amide bonds. The van der Waals surface area contributed by atoms with Gasteiger partial charge in [0.15, 0.2) is 11.5 Å². The maximum Gasteiger partial charge on any atom is 0.365 e. The Hall–Kier alpha value is -1.28. The second kappa shape index (κ2) is 4.68. The molecule has 0 spiro atoms. The van der Waals surface area contributed by atoms with Crippen LogP contribution in [0.25, 0.3) is 0 Å². The van der Waals surface area contributed by atoms with Crippen LogP contribution in [-0.4, -0.2) is 23.7 Å². The molecule has 0 atom stereocenters. The number of halogens is 8. The molecule has 0 unspecified atom stereocenters. The predicted octanol–water partition coefficient (Wildman–Crippen LogP) is 4.61. The summed E-state index contributed by atoms with van der Waals surface area (Å²) in [6.07, 6.45) is 0. The number of hydrogen-bond donors (Lipinski definition) is 0. The van der Waals surface area contributed by atoms with Crippen LogP contribution in [0, 0.1) is 0 Å². The Morgan fingerprint density at radius 3 is 1.05 bits per heavy atom. The third-order valence-electron chi connectivity index (χ3n) is 2.05. The lowest BCUT2D eigenvalue weighted by Gasteiger charge is -2.29. The number of ether oxygens (including phenoxy) is 1. The van der Waals surface area contributed by atoms with E-state index in [1.54, 1.807) is 0 Å². The highest BCUT2D eigenvalue weighted by Gasteiger charge is 2.60. The van der Waals surface area contributed by atoms with E-state index < -0.39 is 35.2 Å². The minimum Gasteiger partial charge on any atom is -0.454 e. The van der Waals surface area contributed by atoms with E-state index in [0.29, 0.717) is 0 Å². The van der Waals surface area contributed by atoms with Crippen LogP contribution in [-0.2, 0) is 4.74 Å². The fourth-order valence-corrected chi connectivity index (χ4v) is 0.767. The Labute approximate surface area is 103 Å². The summed E-state index contributed by atoms with van der Waals surface area (Å²) in [7, 11) is 0. The van der Waals surface area contributed by atoms with Gasteiger partial charge < -0.3 is 4.74 Å². The Morgan fingerprint density at radius 1 is 0.684 bits per heavy atom. The first-order valence-corrected chi connectivity index (χ1v) is 4.63. The van der Waals surface area contributed by atoms with Crippen LogP contribution in [0.1, 0.15) is 13.8 Å². The predicted molar refractivity (Wildman–Crippen MR) is 50.5 cm³/mol. The molecule has 0 rings (SSSR count). The smallest absolute Gasteiger partial charge is 0.365 e. The Balaban J connectivity index is 5.11. The van der Waals surface area contributed by atoms with Gasteiger partial charge in [0.1, 0.15) is 0 Å². The lowest BCUT2D eigenvalue weighted by molar-refractivity contribution is -0.212. The molecule has 0 fully saturated rings. The zero-order valence-electron chi connectivity index (χ0n) is 9.85. The largest absolute Gasteiger partial charge is 0.454 e. The van der Waals surface area contributed by atoms with Crippen molar-refractivity contribution in [3.05, 3.63) is 24.7 Å². The van der Waals surface area contributed by atoms with Gasteiger partial charge >= 0.3 is 23.7 Å². The Kier molecular flexibility index (Phi) is 4.36. The standard InChI is InChI=1S/C10H10F8O/c1-5(9(15,16)7(3,11)12)19-6(2)10(17,18)8(4,13)14/h1-2H2,3-4H3. The van der Waals surface area contributed by atoms with Crippen LogP contribution >= 0.6 is 0 Å². The zero-order chi connectivity index (χ0) is 15.9. The molecule has 9 heteroatoms. The van der Waals surface area contributed by atoms with Gasteiger partial charge in [0, 0.05) is 13.8 Å². The molecule has 0 aromatic carbocycles. The SMILES string of the molecule is C=C(OC(=C)C(F)(F)C(C)(F)F)C(F)(F)C(C)(F)F. The molecule has 0 aliphatic carbocycles. The lowest BCUT2D eigenvalue weighted by atomic mass is 10.1. The molecular weight excluding hydrogens is 288 g/mol. The summed E-state index contributed by atoms with van der Waals surface area (Å²) >= 11 is 0. The number of allylic oxidation sites excluding steroid dienone is 2. The fourth-order valence-electron chi connectivity index (χ4n) is 0.767. The molecule has 0 N–H and O–H groups in total. The quantitative estimate of drug-likeness (QED) is 0.514. The van der Waals surface area contributed by atoms with Crippen molar-refractivity contribution in [2.45, 2.75) is 37.5 Å². The van der Waals surface area contributed by atoms with Crippen molar-refractivity contribution in [3.8, 4) is 0 Å². The van der Waals surface area contributed by atoms with Crippen LogP contribution in [0.5, 0.6) is 0 Å². The molecule has 0 aromatic rings. The molecule has 0 aliphatic heterocycles. The third kappa shape index (κ3) is 3.38. The maximum atomic E-state index is 12.9. The minimum absolute atomic E-state index is 0.211. The summed E-state index contributed by atoms with van der Waals surface area (Å²) in [6, 6.07) is 0. The highest BCUT2D eigenvalue weighted by molar-refractivity contribution is 5.14. The van der Waals surface area contributed by atoms with Gasteiger partial charge in [0.05, 0.1) is 0 Å². The summed E-state index contributed by atoms with van der Waals surface area (Å²) in [5.41, 5.74) is 0. The van der Waals surface area contributed by atoms with Crippen molar-refractivity contribution < 1.29 is 39.9 Å². The van der Waals surface area contributed by atoms with Crippen LogP contribution in [0.4, 0.5) is 35.1 Å². The summed E-state index contributed by atoms with van der Waals surface area (Å²) in [5.74, 6) is -23.6. The molecule has 0 saturated heterocycles. The van der Waals surface area contributed by atoms with E-state index >= 15 is 0 Å². The normalized spacial score (nSPS) is 14.2. The van der Waals surface area contributed by atoms with Crippen molar-refractivity contribution in [1.82, 2.24) is 0 Å². The van der Waals surface area contributed by atoms with Gasteiger partial charge in [-0.05, 0) is 0 Å². The van der Waals surface area contributed by atoms with Gasteiger partial charge in [-0.15, -0.1) is 0 Å². The van der Waals surface area contributed by atoms with E-state index in [9.17, 15) is 35.1 Å².